The Morgan fingerprint density at radius 1 is 1.06 bits per heavy atom. The first kappa shape index (κ1) is 24.6. The SMILES string of the molecule is NCc1cccc(S(=O)(=O)[C@H]2C[C@@H](C(=O)N3CCS(=O)(=O)CC3)CN(C3CCCCC3)C2)c1. The summed E-state index contributed by atoms with van der Waals surface area (Å²) >= 11 is 0. The van der Waals surface area contributed by atoms with Crippen molar-refractivity contribution in [3.8, 4) is 0 Å². The molecule has 1 aromatic carbocycles. The predicted molar refractivity (Wildman–Crippen MR) is 127 cm³/mol. The number of hydrogen-bond acceptors (Lipinski definition) is 7. The van der Waals surface area contributed by atoms with Crippen LogP contribution in [0.3, 0.4) is 0 Å². The number of carbonyl (C=O) groups excluding carboxylic acids is 1. The maximum Gasteiger partial charge on any atom is 0.227 e. The minimum atomic E-state index is -3.65. The van der Waals surface area contributed by atoms with Crippen molar-refractivity contribution in [3.05, 3.63) is 29.8 Å². The lowest BCUT2D eigenvalue weighted by atomic mass is 9.89. The third-order valence-corrected chi connectivity index (χ3v) is 11.2. The lowest BCUT2D eigenvalue weighted by Crippen LogP contribution is -2.55. The second kappa shape index (κ2) is 10.0. The summed E-state index contributed by atoms with van der Waals surface area (Å²) in [5.41, 5.74) is 6.49. The summed E-state index contributed by atoms with van der Waals surface area (Å²) in [7, 11) is -6.74. The monoisotopic (exact) mass is 497 g/mol. The van der Waals surface area contributed by atoms with Crippen LogP contribution in [-0.2, 0) is 31.0 Å². The lowest BCUT2D eigenvalue weighted by Gasteiger charge is -2.43. The van der Waals surface area contributed by atoms with Crippen LogP contribution in [-0.4, -0.2) is 81.5 Å². The predicted octanol–water partition coefficient (Wildman–Crippen LogP) is 1.20. The highest BCUT2D eigenvalue weighted by atomic mass is 32.2. The van der Waals surface area contributed by atoms with E-state index in [1.807, 2.05) is 6.07 Å². The number of piperidine rings is 1. The maximum absolute atomic E-state index is 13.6. The summed E-state index contributed by atoms with van der Waals surface area (Å²) in [5, 5.41) is -0.677. The molecular weight excluding hydrogens is 462 g/mol. The van der Waals surface area contributed by atoms with Crippen LogP contribution in [0.25, 0.3) is 0 Å². The molecule has 0 unspecified atom stereocenters. The van der Waals surface area contributed by atoms with Crippen molar-refractivity contribution in [2.45, 2.75) is 61.3 Å². The molecule has 33 heavy (non-hydrogen) atoms. The second-order valence-corrected chi connectivity index (χ2v) is 14.2. The number of nitrogens with two attached hydrogens (primary N) is 1. The average Bonchev–Trinajstić information content (AvgIpc) is 2.84. The molecule has 2 atom stereocenters. The summed E-state index contributed by atoms with van der Waals surface area (Å²) in [6, 6.07) is 7.07. The number of amides is 1. The van der Waals surface area contributed by atoms with Gasteiger partial charge in [0.25, 0.3) is 0 Å². The third-order valence-electron chi connectivity index (χ3n) is 7.44. The fraction of sp³-hybridized carbons (Fsp3) is 0.696. The molecule has 2 saturated heterocycles. The molecule has 2 heterocycles. The Kier molecular flexibility index (Phi) is 7.47. The van der Waals surface area contributed by atoms with Gasteiger partial charge in [0.05, 0.1) is 27.6 Å². The quantitative estimate of drug-likeness (QED) is 0.649. The number of hydrogen-bond donors (Lipinski definition) is 1. The van der Waals surface area contributed by atoms with E-state index in [4.69, 9.17) is 5.73 Å². The Bertz CT molecular complexity index is 1050. The number of carbonyl (C=O) groups is 1. The van der Waals surface area contributed by atoms with E-state index in [0.717, 1.165) is 31.2 Å². The lowest BCUT2D eigenvalue weighted by molar-refractivity contribution is -0.137. The minimum Gasteiger partial charge on any atom is -0.340 e. The van der Waals surface area contributed by atoms with Gasteiger partial charge < -0.3 is 10.6 Å². The topological polar surface area (TPSA) is 118 Å². The molecule has 1 aliphatic carbocycles. The van der Waals surface area contributed by atoms with Crippen molar-refractivity contribution in [1.82, 2.24) is 9.80 Å². The van der Waals surface area contributed by atoms with E-state index in [0.29, 0.717) is 19.1 Å². The highest BCUT2D eigenvalue weighted by molar-refractivity contribution is 7.92. The van der Waals surface area contributed by atoms with E-state index in [-0.39, 0.29) is 48.4 Å². The molecule has 4 rings (SSSR count). The van der Waals surface area contributed by atoms with Crippen LogP contribution >= 0.6 is 0 Å². The smallest absolute Gasteiger partial charge is 0.227 e. The zero-order valence-electron chi connectivity index (χ0n) is 19.1. The zero-order chi connectivity index (χ0) is 23.6. The van der Waals surface area contributed by atoms with Crippen molar-refractivity contribution in [2.24, 2.45) is 11.7 Å². The zero-order valence-corrected chi connectivity index (χ0v) is 20.7. The van der Waals surface area contributed by atoms with Crippen LogP contribution in [0, 0.1) is 5.92 Å². The summed E-state index contributed by atoms with van der Waals surface area (Å²) in [4.78, 5) is 17.5. The van der Waals surface area contributed by atoms with E-state index in [2.05, 4.69) is 4.90 Å². The van der Waals surface area contributed by atoms with E-state index in [1.54, 1.807) is 23.1 Å². The van der Waals surface area contributed by atoms with Gasteiger partial charge in [-0.3, -0.25) is 9.69 Å². The van der Waals surface area contributed by atoms with Gasteiger partial charge in [-0.05, 0) is 37.0 Å². The van der Waals surface area contributed by atoms with Crippen LogP contribution in [0.2, 0.25) is 0 Å². The molecule has 0 spiro atoms. The van der Waals surface area contributed by atoms with Crippen molar-refractivity contribution in [1.29, 1.82) is 0 Å². The Labute approximate surface area is 197 Å². The molecule has 184 valence electrons. The van der Waals surface area contributed by atoms with Crippen LogP contribution < -0.4 is 5.73 Å². The van der Waals surface area contributed by atoms with Crippen LogP contribution in [0.5, 0.6) is 0 Å². The molecule has 2 aliphatic heterocycles. The van der Waals surface area contributed by atoms with E-state index in [1.165, 1.54) is 6.42 Å². The first-order valence-electron chi connectivity index (χ1n) is 12.0. The van der Waals surface area contributed by atoms with Gasteiger partial charge in [-0.2, -0.15) is 0 Å². The number of sulfone groups is 2. The second-order valence-electron chi connectivity index (χ2n) is 9.67. The first-order valence-corrected chi connectivity index (χ1v) is 15.3. The van der Waals surface area contributed by atoms with E-state index >= 15 is 0 Å². The highest BCUT2D eigenvalue weighted by Gasteiger charge is 2.42. The molecule has 1 saturated carbocycles. The van der Waals surface area contributed by atoms with Gasteiger partial charge in [0.2, 0.25) is 5.91 Å². The maximum atomic E-state index is 13.6. The Morgan fingerprint density at radius 2 is 1.76 bits per heavy atom. The molecule has 0 aromatic heterocycles. The molecule has 3 fully saturated rings. The first-order chi connectivity index (χ1) is 15.7. The van der Waals surface area contributed by atoms with Crippen molar-refractivity contribution < 1.29 is 21.6 Å². The molecule has 8 nitrogen and oxygen atoms in total. The number of benzene rings is 1. The molecule has 10 heteroatoms. The van der Waals surface area contributed by atoms with Crippen molar-refractivity contribution in [2.75, 3.05) is 37.7 Å². The molecule has 0 radical (unpaired) electrons. The number of rotatable bonds is 5. The largest absolute Gasteiger partial charge is 0.340 e. The number of likely N-dealkylation sites (tertiary alicyclic amines) is 1. The Hall–Kier alpha value is -1.49. The van der Waals surface area contributed by atoms with Gasteiger partial charge in [0, 0.05) is 38.8 Å². The summed E-state index contributed by atoms with van der Waals surface area (Å²) in [6.07, 6.45) is 5.76. The van der Waals surface area contributed by atoms with Gasteiger partial charge in [-0.25, -0.2) is 16.8 Å². The van der Waals surface area contributed by atoms with Gasteiger partial charge in [-0.1, -0.05) is 31.4 Å². The van der Waals surface area contributed by atoms with Gasteiger partial charge in [0.1, 0.15) is 0 Å². The minimum absolute atomic E-state index is 0.0224. The fourth-order valence-corrected chi connectivity index (χ4v) is 8.51. The average molecular weight is 498 g/mol. The number of nitrogens with zero attached hydrogens (tertiary/aromatic N) is 2. The molecular formula is C23H35N3O5S2. The summed E-state index contributed by atoms with van der Waals surface area (Å²) < 4.78 is 50.9. The van der Waals surface area contributed by atoms with Crippen LogP contribution in [0.15, 0.2) is 29.2 Å². The van der Waals surface area contributed by atoms with E-state index < -0.39 is 30.8 Å². The standard InChI is InChI=1S/C23H35N3O5S2/c24-15-18-5-4-8-21(13-18)33(30,31)22-14-19(16-26(17-22)20-6-2-1-3-7-20)23(27)25-9-11-32(28,29)12-10-25/h4-5,8,13,19-20,22H,1-3,6-7,9-12,14-17,24H2/t19-,22+/m1/s1. The molecule has 1 amide bonds. The summed E-state index contributed by atoms with van der Waals surface area (Å²) in [5.74, 6) is -0.600. The van der Waals surface area contributed by atoms with E-state index in [9.17, 15) is 21.6 Å². The third kappa shape index (κ3) is 5.61. The van der Waals surface area contributed by atoms with Crippen molar-refractivity contribution >= 4 is 25.6 Å². The Morgan fingerprint density at radius 3 is 2.42 bits per heavy atom. The van der Waals surface area contributed by atoms with Gasteiger partial charge >= 0.3 is 0 Å². The normalized spacial score (nSPS) is 27.4. The molecule has 0 bridgehead atoms. The van der Waals surface area contributed by atoms with Crippen LogP contribution in [0.1, 0.15) is 44.1 Å². The van der Waals surface area contributed by atoms with Gasteiger partial charge in [-0.15, -0.1) is 0 Å². The van der Waals surface area contributed by atoms with Gasteiger partial charge in [0.15, 0.2) is 19.7 Å². The molecule has 1 aromatic rings. The fourth-order valence-electron chi connectivity index (χ4n) is 5.47. The van der Waals surface area contributed by atoms with Crippen molar-refractivity contribution in [3.63, 3.8) is 0 Å². The highest BCUT2D eigenvalue weighted by Crippen LogP contribution is 2.33. The van der Waals surface area contributed by atoms with Crippen LogP contribution in [0.4, 0.5) is 0 Å². The Balaban J connectivity index is 1.58. The molecule has 2 N–H and O–H groups in total. The molecule has 3 aliphatic rings. The summed E-state index contributed by atoms with van der Waals surface area (Å²) in [6.45, 7) is 1.62.